The van der Waals surface area contributed by atoms with Crippen molar-refractivity contribution in [1.29, 1.82) is 0 Å². The van der Waals surface area contributed by atoms with Gasteiger partial charge in [0.15, 0.2) is 0 Å². The molecule has 0 spiro atoms. The maximum absolute atomic E-state index is 12.7. The van der Waals surface area contributed by atoms with Crippen LogP contribution in [0.15, 0.2) is 65.5 Å². The predicted molar refractivity (Wildman–Crippen MR) is 127 cm³/mol. The third kappa shape index (κ3) is 5.09. The lowest BCUT2D eigenvalue weighted by atomic mass is 10.1. The number of amides is 2. The Labute approximate surface area is 196 Å². The van der Waals surface area contributed by atoms with Gasteiger partial charge in [-0.2, -0.15) is 5.10 Å². The summed E-state index contributed by atoms with van der Waals surface area (Å²) in [6, 6.07) is 17.6. The van der Waals surface area contributed by atoms with Crippen LogP contribution >= 0.6 is 0 Å². The highest BCUT2D eigenvalue weighted by Crippen LogP contribution is 2.27. The van der Waals surface area contributed by atoms with Crippen LogP contribution in [0.5, 0.6) is 11.5 Å². The summed E-state index contributed by atoms with van der Waals surface area (Å²) >= 11 is 0. The second kappa shape index (κ2) is 10.2. The van der Waals surface area contributed by atoms with E-state index in [1.807, 2.05) is 24.3 Å². The number of nitrogens with zero attached hydrogens (tertiary/aromatic N) is 3. The van der Waals surface area contributed by atoms with Gasteiger partial charge in [0.1, 0.15) is 11.5 Å². The standard InChI is InChI=1S/C25H26N4O5/c1-33-20-7-3-17(4-8-20)22-11-12-23(30)29(27-22)14-13-26-25(32)18-15-24(31)28(16-18)19-5-9-21(34-2)10-6-19/h3-12,18H,13-16H2,1-2H3,(H,26,32). The number of hydrogen-bond donors (Lipinski definition) is 1. The highest BCUT2D eigenvalue weighted by molar-refractivity contribution is 6.00. The summed E-state index contributed by atoms with van der Waals surface area (Å²) < 4.78 is 11.6. The number of benzene rings is 2. The zero-order valence-corrected chi connectivity index (χ0v) is 19.1. The molecule has 2 aromatic carbocycles. The van der Waals surface area contributed by atoms with E-state index in [-0.39, 0.29) is 36.9 Å². The van der Waals surface area contributed by atoms with Gasteiger partial charge in [0.05, 0.1) is 32.4 Å². The first-order chi connectivity index (χ1) is 16.5. The molecule has 1 aliphatic heterocycles. The first-order valence-electron chi connectivity index (χ1n) is 10.9. The Morgan fingerprint density at radius 3 is 2.26 bits per heavy atom. The molecule has 1 N–H and O–H groups in total. The molecule has 1 fully saturated rings. The van der Waals surface area contributed by atoms with Crippen LogP contribution in [0, 0.1) is 5.92 Å². The van der Waals surface area contributed by atoms with Gasteiger partial charge >= 0.3 is 0 Å². The van der Waals surface area contributed by atoms with Crippen molar-refractivity contribution in [3.05, 3.63) is 71.0 Å². The van der Waals surface area contributed by atoms with E-state index in [1.165, 1.54) is 10.7 Å². The molecule has 1 unspecified atom stereocenters. The lowest BCUT2D eigenvalue weighted by Crippen LogP contribution is -2.36. The van der Waals surface area contributed by atoms with E-state index in [9.17, 15) is 14.4 Å². The number of ether oxygens (including phenoxy) is 2. The third-order valence-electron chi connectivity index (χ3n) is 5.76. The van der Waals surface area contributed by atoms with Crippen molar-refractivity contribution in [2.24, 2.45) is 5.92 Å². The number of anilines is 1. The molecule has 9 heteroatoms. The second-order valence-corrected chi connectivity index (χ2v) is 7.90. The first-order valence-corrected chi connectivity index (χ1v) is 10.9. The maximum Gasteiger partial charge on any atom is 0.266 e. The van der Waals surface area contributed by atoms with Crippen LogP contribution in [-0.4, -0.2) is 48.9 Å². The zero-order valence-electron chi connectivity index (χ0n) is 19.1. The summed E-state index contributed by atoms with van der Waals surface area (Å²) in [5.41, 5.74) is 1.97. The van der Waals surface area contributed by atoms with Crippen LogP contribution in [0.2, 0.25) is 0 Å². The maximum atomic E-state index is 12.7. The molecule has 0 radical (unpaired) electrons. The summed E-state index contributed by atoms with van der Waals surface area (Å²) in [4.78, 5) is 38.9. The summed E-state index contributed by atoms with van der Waals surface area (Å²) in [7, 11) is 3.18. The molecule has 1 aromatic heterocycles. The highest BCUT2D eigenvalue weighted by atomic mass is 16.5. The molecule has 3 aromatic rings. The Morgan fingerprint density at radius 1 is 0.971 bits per heavy atom. The van der Waals surface area contributed by atoms with Gasteiger partial charge in [0.2, 0.25) is 11.8 Å². The van der Waals surface area contributed by atoms with E-state index in [1.54, 1.807) is 49.5 Å². The van der Waals surface area contributed by atoms with Gasteiger partial charge in [-0.1, -0.05) is 0 Å². The van der Waals surface area contributed by atoms with Crippen molar-refractivity contribution < 1.29 is 19.1 Å². The number of carbonyl (C=O) groups is 2. The van der Waals surface area contributed by atoms with Gasteiger partial charge in [-0.05, 0) is 54.6 Å². The molecule has 9 nitrogen and oxygen atoms in total. The van der Waals surface area contributed by atoms with Crippen molar-refractivity contribution in [2.45, 2.75) is 13.0 Å². The van der Waals surface area contributed by atoms with Crippen LogP contribution in [0.1, 0.15) is 6.42 Å². The van der Waals surface area contributed by atoms with E-state index in [0.717, 1.165) is 17.0 Å². The van der Waals surface area contributed by atoms with Gasteiger partial charge in [0.25, 0.3) is 5.56 Å². The Morgan fingerprint density at radius 2 is 1.62 bits per heavy atom. The van der Waals surface area contributed by atoms with Crippen LogP contribution in [0.3, 0.4) is 0 Å². The molecule has 4 rings (SSSR count). The molecule has 1 aliphatic rings. The molecule has 0 bridgehead atoms. The molecule has 2 amide bonds. The minimum Gasteiger partial charge on any atom is -0.497 e. The number of aromatic nitrogens is 2. The second-order valence-electron chi connectivity index (χ2n) is 7.90. The minimum atomic E-state index is -0.454. The van der Waals surface area contributed by atoms with Crippen molar-refractivity contribution in [3.63, 3.8) is 0 Å². The number of rotatable bonds is 8. The summed E-state index contributed by atoms with van der Waals surface area (Å²) in [6.45, 7) is 0.755. The molecule has 34 heavy (non-hydrogen) atoms. The lowest BCUT2D eigenvalue weighted by Gasteiger charge is -2.17. The molecular weight excluding hydrogens is 436 g/mol. The largest absolute Gasteiger partial charge is 0.497 e. The summed E-state index contributed by atoms with van der Waals surface area (Å²) in [5.74, 6) is 0.657. The fraction of sp³-hybridized carbons (Fsp3) is 0.280. The van der Waals surface area contributed by atoms with Crippen LogP contribution in [0.25, 0.3) is 11.3 Å². The van der Waals surface area contributed by atoms with E-state index in [4.69, 9.17) is 9.47 Å². The van der Waals surface area contributed by atoms with Gasteiger partial charge < -0.3 is 19.7 Å². The molecule has 0 aliphatic carbocycles. The van der Waals surface area contributed by atoms with E-state index in [2.05, 4.69) is 10.4 Å². The van der Waals surface area contributed by atoms with E-state index >= 15 is 0 Å². The third-order valence-corrected chi connectivity index (χ3v) is 5.76. The zero-order chi connectivity index (χ0) is 24.1. The topological polar surface area (TPSA) is 103 Å². The van der Waals surface area contributed by atoms with Crippen LogP contribution in [0.4, 0.5) is 5.69 Å². The SMILES string of the molecule is COc1ccc(-c2ccc(=O)n(CCNC(=O)C3CC(=O)N(c4ccc(OC)cc4)C3)n2)cc1. The molecule has 0 saturated carbocycles. The summed E-state index contributed by atoms with van der Waals surface area (Å²) in [6.07, 6.45) is 0.142. The lowest BCUT2D eigenvalue weighted by molar-refractivity contribution is -0.126. The van der Waals surface area contributed by atoms with Crippen molar-refractivity contribution in [2.75, 3.05) is 32.2 Å². The van der Waals surface area contributed by atoms with E-state index in [0.29, 0.717) is 18.0 Å². The first kappa shape index (κ1) is 23.0. The Balaban J connectivity index is 1.34. The molecule has 1 saturated heterocycles. The predicted octanol–water partition coefficient (Wildman–Crippen LogP) is 2.10. The fourth-order valence-corrected chi connectivity index (χ4v) is 3.85. The number of methoxy groups -OCH3 is 2. The Hall–Kier alpha value is -4.14. The molecule has 176 valence electrons. The number of carbonyl (C=O) groups excluding carboxylic acids is 2. The molecule has 1 atom stereocenters. The van der Waals surface area contributed by atoms with E-state index < -0.39 is 5.92 Å². The molecular formula is C25H26N4O5. The Kier molecular flexibility index (Phi) is 6.91. The average Bonchev–Trinajstić information content (AvgIpc) is 3.27. The smallest absolute Gasteiger partial charge is 0.266 e. The highest BCUT2D eigenvalue weighted by Gasteiger charge is 2.35. The van der Waals surface area contributed by atoms with Crippen LogP contribution < -0.4 is 25.2 Å². The summed E-state index contributed by atoms with van der Waals surface area (Å²) in [5, 5.41) is 7.24. The van der Waals surface area contributed by atoms with Gasteiger partial charge in [-0.25, -0.2) is 4.68 Å². The van der Waals surface area contributed by atoms with Crippen molar-refractivity contribution >= 4 is 17.5 Å². The van der Waals surface area contributed by atoms with Crippen molar-refractivity contribution in [3.8, 4) is 22.8 Å². The fourth-order valence-electron chi connectivity index (χ4n) is 3.85. The average molecular weight is 463 g/mol. The number of hydrogen-bond acceptors (Lipinski definition) is 6. The van der Waals surface area contributed by atoms with Crippen LogP contribution in [-0.2, 0) is 16.1 Å². The normalized spacial score (nSPS) is 15.3. The van der Waals surface area contributed by atoms with Gasteiger partial charge in [0, 0.05) is 36.8 Å². The number of nitrogens with one attached hydrogen (secondary N) is 1. The van der Waals surface area contributed by atoms with Gasteiger partial charge in [-0.3, -0.25) is 14.4 Å². The van der Waals surface area contributed by atoms with Gasteiger partial charge in [-0.15, -0.1) is 0 Å². The van der Waals surface area contributed by atoms with Crippen molar-refractivity contribution in [1.82, 2.24) is 15.1 Å². The molecule has 2 heterocycles. The Bertz CT molecular complexity index is 1220. The quantitative estimate of drug-likeness (QED) is 0.550. The monoisotopic (exact) mass is 462 g/mol. The minimum absolute atomic E-state index is 0.101.